The van der Waals surface area contributed by atoms with Crippen molar-refractivity contribution in [1.82, 2.24) is 0 Å². The normalized spacial score (nSPS) is 23.4. The third-order valence-corrected chi connectivity index (χ3v) is 12.5. The number of methoxy groups -OCH3 is 1. The monoisotopic (exact) mass is 532 g/mol. The minimum atomic E-state index is -2.05. The molecule has 37 heavy (non-hydrogen) atoms. The van der Waals surface area contributed by atoms with Gasteiger partial charge < -0.3 is 28.5 Å². The Labute approximate surface area is 225 Å². The van der Waals surface area contributed by atoms with E-state index in [9.17, 15) is 5.11 Å². The molecule has 1 aliphatic heterocycles. The van der Waals surface area contributed by atoms with Gasteiger partial charge in [-0.05, 0) is 55.6 Å². The van der Waals surface area contributed by atoms with Gasteiger partial charge in [0.15, 0.2) is 14.1 Å². The summed E-state index contributed by atoms with van der Waals surface area (Å²) in [5, 5.41) is 10.9. The Morgan fingerprint density at radius 2 is 1.76 bits per heavy atom. The predicted octanol–water partition coefficient (Wildman–Crippen LogP) is 6.21. The molecule has 1 spiro atoms. The fourth-order valence-electron chi connectivity index (χ4n) is 4.64. The van der Waals surface area contributed by atoms with Crippen molar-refractivity contribution < 1.29 is 28.5 Å². The molecular weight excluding hydrogens is 484 g/mol. The van der Waals surface area contributed by atoms with Gasteiger partial charge in [0.1, 0.15) is 18.0 Å². The van der Waals surface area contributed by atoms with Gasteiger partial charge in [-0.15, -0.1) is 0 Å². The van der Waals surface area contributed by atoms with Crippen LogP contribution in [0.2, 0.25) is 18.1 Å². The van der Waals surface area contributed by atoms with Gasteiger partial charge in [0.05, 0.1) is 32.5 Å². The van der Waals surface area contributed by atoms with E-state index in [2.05, 4.69) is 45.7 Å². The van der Waals surface area contributed by atoms with E-state index >= 15 is 0 Å². The molecule has 6 nitrogen and oxygen atoms in total. The quantitative estimate of drug-likeness (QED) is 0.220. The first-order chi connectivity index (χ1) is 17.4. The molecule has 0 aromatic heterocycles. The van der Waals surface area contributed by atoms with Crippen LogP contribution in [0.3, 0.4) is 0 Å². The van der Waals surface area contributed by atoms with Crippen molar-refractivity contribution >= 4 is 8.32 Å². The van der Waals surface area contributed by atoms with Gasteiger partial charge >= 0.3 is 0 Å². The zero-order chi connectivity index (χ0) is 27.1. The SMILES string of the molecule is COc1ccc(COCC[C@H](C#C[C@@H](O)C[C@@H]2OC3(CCCCC3)O[C@H]2C)O[Si](C)(C)C(C)(C)C)cc1. The lowest BCUT2D eigenvalue weighted by atomic mass is 9.94. The Hall–Kier alpha value is -1.40. The molecule has 208 valence electrons. The number of aliphatic hydroxyl groups is 1. The molecule has 1 aromatic carbocycles. The van der Waals surface area contributed by atoms with Crippen LogP contribution in [0.4, 0.5) is 0 Å². The number of aliphatic hydroxyl groups excluding tert-OH is 1. The number of ether oxygens (including phenoxy) is 4. The summed E-state index contributed by atoms with van der Waals surface area (Å²) in [6, 6.07) is 7.88. The van der Waals surface area contributed by atoms with E-state index in [0.29, 0.717) is 26.1 Å². The standard InChI is InChI=1S/C30H48O6Si/c1-23-28(35-30(34-23)18-9-8-10-19-30)21-25(31)13-16-27(36-37(6,7)29(2,3)4)17-20-33-22-24-11-14-26(32-5)15-12-24/h11-12,14-15,23,25,27-28,31H,8-10,17-22H2,1-7H3/t23-,25+,27-,28-/m0/s1. The Morgan fingerprint density at radius 3 is 2.38 bits per heavy atom. The lowest BCUT2D eigenvalue weighted by molar-refractivity contribution is -0.194. The average Bonchev–Trinajstić information content (AvgIpc) is 3.13. The van der Waals surface area contributed by atoms with Gasteiger partial charge in [0, 0.05) is 25.7 Å². The van der Waals surface area contributed by atoms with Crippen LogP contribution in [-0.4, -0.2) is 57.3 Å². The average molecular weight is 533 g/mol. The first-order valence-corrected chi connectivity index (χ1v) is 16.8. The maximum Gasteiger partial charge on any atom is 0.193 e. The first kappa shape index (κ1) is 30.1. The zero-order valence-electron chi connectivity index (χ0n) is 24.0. The highest BCUT2D eigenvalue weighted by atomic mass is 28.4. The Balaban J connectivity index is 1.57. The number of hydrogen-bond acceptors (Lipinski definition) is 6. The van der Waals surface area contributed by atoms with Gasteiger partial charge in [0.25, 0.3) is 0 Å². The van der Waals surface area contributed by atoms with Gasteiger partial charge in [-0.25, -0.2) is 0 Å². The van der Waals surface area contributed by atoms with Gasteiger partial charge in [-0.1, -0.05) is 51.2 Å². The summed E-state index contributed by atoms with van der Waals surface area (Å²) >= 11 is 0. The molecule has 4 atom stereocenters. The van der Waals surface area contributed by atoms with Crippen molar-refractivity contribution in [2.45, 2.75) is 128 Å². The lowest BCUT2D eigenvalue weighted by Gasteiger charge is -2.38. The minimum Gasteiger partial charge on any atom is -0.497 e. The molecular formula is C30H48O6Si. The van der Waals surface area contributed by atoms with E-state index in [4.69, 9.17) is 23.4 Å². The molecule has 1 heterocycles. The van der Waals surface area contributed by atoms with E-state index in [1.807, 2.05) is 31.2 Å². The Bertz CT molecular complexity index is 891. The van der Waals surface area contributed by atoms with Crippen LogP contribution in [0.25, 0.3) is 0 Å². The fourth-order valence-corrected chi connectivity index (χ4v) is 5.88. The molecule has 0 bridgehead atoms. The van der Waals surface area contributed by atoms with Crippen molar-refractivity contribution in [2.75, 3.05) is 13.7 Å². The summed E-state index contributed by atoms with van der Waals surface area (Å²) < 4.78 is 30.3. The predicted molar refractivity (Wildman–Crippen MR) is 149 cm³/mol. The molecule has 3 rings (SSSR count). The molecule has 1 aromatic rings. The van der Waals surface area contributed by atoms with Gasteiger partial charge in [0.2, 0.25) is 0 Å². The maximum atomic E-state index is 10.8. The zero-order valence-corrected chi connectivity index (χ0v) is 25.0. The molecule has 1 saturated heterocycles. The van der Waals surface area contributed by atoms with Crippen molar-refractivity contribution in [2.24, 2.45) is 0 Å². The summed E-state index contributed by atoms with van der Waals surface area (Å²) in [5.41, 5.74) is 1.09. The van der Waals surface area contributed by atoms with Crippen LogP contribution in [0.1, 0.15) is 78.2 Å². The lowest BCUT2D eigenvalue weighted by Crippen LogP contribution is -2.44. The number of rotatable bonds is 10. The van der Waals surface area contributed by atoms with Crippen LogP contribution in [0.5, 0.6) is 5.75 Å². The minimum absolute atomic E-state index is 0.0415. The highest BCUT2D eigenvalue weighted by Gasteiger charge is 2.46. The van der Waals surface area contributed by atoms with Crippen LogP contribution in [0.15, 0.2) is 24.3 Å². The maximum absolute atomic E-state index is 10.8. The van der Waals surface area contributed by atoms with Crippen LogP contribution >= 0.6 is 0 Å². The summed E-state index contributed by atoms with van der Waals surface area (Å²) in [4.78, 5) is 0. The topological polar surface area (TPSA) is 66.4 Å². The molecule has 7 heteroatoms. The largest absolute Gasteiger partial charge is 0.497 e. The van der Waals surface area contributed by atoms with Crippen LogP contribution < -0.4 is 4.74 Å². The number of benzene rings is 1. The smallest absolute Gasteiger partial charge is 0.193 e. The third-order valence-electron chi connectivity index (χ3n) is 7.97. The van der Waals surface area contributed by atoms with Crippen molar-refractivity contribution in [3.8, 4) is 17.6 Å². The van der Waals surface area contributed by atoms with E-state index in [-0.39, 0.29) is 23.4 Å². The summed E-state index contributed by atoms with van der Waals surface area (Å²) in [6.07, 6.45) is 5.19. The van der Waals surface area contributed by atoms with Crippen molar-refractivity contribution in [3.05, 3.63) is 29.8 Å². The second-order valence-corrected chi connectivity index (χ2v) is 16.8. The van der Waals surface area contributed by atoms with E-state index in [1.165, 1.54) is 6.42 Å². The second-order valence-electron chi connectivity index (χ2n) is 12.0. The molecule has 1 N–H and O–H groups in total. The second kappa shape index (κ2) is 13.1. The molecule has 1 saturated carbocycles. The van der Waals surface area contributed by atoms with Crippen LogP contribution in [0, 0.1) is 11.8 Å². The van der Waals surface area contributed by atoms with Gasteiger partial charge in [-0.2, -0.15) is 0 Å². The fraction of sp³-hybridized carbons (Fsp3) is 0.733. The molecule has 0 amide bonds. The molecule has 2 aliphatic rings. The molecule has 0 radical (unpaired) electrons. The molecule has 0 unspecified atom stereocenters. The van der Waals surface area contributed by atoms with Crippen molar-refractivity contribution in [1.29, 1.82) is 0 Å². The number of hydrogen-bond donors (Lipinski definition) is 1. The van der Waals surface area contributed by atoms with Crippen molar-refractivity contribution in [3.63, 3.8) is 0 Å². The summed E-state index contributed by atoms with van der Waals surface area (Å²) in [5.74, 6) is 6.68. The first-order valence-electron chi connectivity index (χ1n) is 13.9. The highest BCUT2D eigenvalue weighted by Crippen LogP contribution is 2.41. The van der Waals surface area contributed by atoms with Crippen LogP contribution in [-0.2, 0) is 25.2 Å². The Kier molecular flexibility index (Phi) is 10.7. The summed E-state index contributed by atoms with van der Waals surface area (Å²) in [6.45, 7) is 14.2. The third kappa shape index (κ3) is 8.81. The molecule has 1 aliphatic carbocycles. The van der Waals surface area contributed by atoms with E-state index in [1.54, 1.807) is 7.11 Å². The highest BCUT2D eigenvalue weighted by molar-refractivity contribution is 6.74. The van der Waals surface area contributed by atoms with Gasteiger partial charge in [-0.3, -0.25) is 0 Å². The van der Waals surface area contributed by atoms with E-state index < -0.39 is 20.2 Å². The van der Waals surface area contributed by atoms with E-state index in [0.717, 1.165) is 37.0 Å². The Morgan fingerprint density at radius 1 is 1.08 bits per heavy atom. The molecule has 2 fully saturated rings. The summed E-state index contributed by atoms with van der Waals surface area (Å²) in [7, 11) is -0.385.